The summed E-state index contributed by atoms with van der Waals surface area (Å²) in [5.74, 6) is 0.0497. The first-order valence-corrected chi connectivity index (χ1v) is 11.4. The molecule has 10 nitrogen and oxygen atoms in total. The van der Waals surface area contributed by atoms with Gasteiger partial charge in [-0.3, -0.25) is 4.79 Å². The lowest BCUT2D eigenvalue weighted by Gasteiger charge is -2.36. The van der Waals surface area contributed by atoms with Crippen LogP contribution in [0.5, 0.6) is 0 Å². The molecular formula is C24H27N7O3. The molecule has 34 heavy (non-hydrogen) atoms. The third kappa shape index (κ3) is 5.47. The average Bonchev–Trinajstić information content (AvgIpc) is 3.28. The smallest absolute Gasteiger partial charge is 0.407 e. The van der Waals surface area contributed by atoms with Gasteiger partial charge in [0.25, 0.3) is 5.91 Å². The SMILES string of the molecule is CCN(C(=O)c1nc2ccc(N=[N+]=[N-])cc2[nH]1)[C@H]1CCC[C@@H](NC(=O)OCc2ccccc2)C1. The quantitative estimate of drug-likeness (QED) is 0.284. The van der Waals surface area contributed by atoms with Gasteiger partial charge in [-0.2, -0.15) is 0 Å². The van der Waals surface area contributed by atoms with Gasteiger partial charge in [0, 0.05) is 29.2 Å². The van der Waals surface area contributed by atoms with Gasteiger partial charge in [0.15, 0.2) is 5.82 Å². The predicted molar refractivity (Wildman–Crippen MR) is 127 cm³/mol. The first kappa shape index (κ1) is 23.1. The molecule has 1 saturated carbocycles. The zero-order valence-electron chi connectivity index (χ0n) is 19.0. The number of ether oxygens (including phenoxy) is 1. The minimum absolute atomic E-state index is 0.0161. The van der Waals surface area contributed by atoms with Gasteiger partial charge < -0.3 is 19.9 Å². The number of carbonyl (C=O) groups is 2. The number of aromatic nitrogens is 2. The highest BCUT2D eigenvalue weighted by Crippen LogP contribution is 2.26. The normalized spacial score (nSPS) is 17.6. The van der Waals surface area contributed by atoms with Gasteiger partial charge in [0.2, 0.25) is 0 Å². The summed E-state index contributed by atoms with van der Waals surface area (Å²) in [5.41, 5.74) is 11.3. The maximum absolute atomic E-state index is 13.3. The van der Waals surface area contributed by atoms with Gasteiger partial charge in [-0.1, -0.05) is 41.5 Å². The van der Waals surface area contributed by atoms with E-state index in [9.17, 15) is 9.59 Å². The van der Waals surface area contributed by atoms with Crippen molar-refractivity contribution in [1.82, 2.24) is 20.2 Å². The van der Waals surface area contributed by atoms with Crippen molar-refractivity contribution in [2.45, 2.75) is 51.3 Å². The third-order valence-corrected chi connectivity index (χ3v) is 6.05. The number of fused-ring (bicyclic) bond motifs is 1. The van der Waals surface area contributed by atoms with E-state index in [0.717, 1.165) is 24.8 Å². The van der Waals surface area contributed by atoms with E-state index in [-0.39, 0.29) is 30.4 Å². The fourth-order valence-electron chi connectivity index (χ4n) is 4.43. The summed E-state index contributed by atoms with van der Waals surface area (Å²) in [6.07, 6.45) is 2.81. The number of imidazole rings is 1. The Kier molecular flexibility index (Phi) is 7.29. The van der Waals surface area contributed by atoms with Crippen molar-refractivity contribution in [3.05, 3.63) is 70.4 Å². The second kappa shape index (κ2) is 10.7. The summed E-state index contributed by atoms with van der Waals surface area (Å²) in [6, 6.07) is 14.5. The van der Waals surface area contributed by atoms with E-state index in [2.05, 4.69) is 25.3 Å². The molecule has 0 saturated heterocycles. The van der Waals surface area contributed by atoms with Gasteiger partial charge >= 0.3 is 6.09 Å². The molecule has 0 radical (unpaired) electrons. The molecule has 2 aromatic carbocycles. The van der Waals surface area contributed by atoms with E-state index in [1.807, 2.05) is 37.3 Å². The zero-order valence-corrected chi connectivity index (χ0v) is 19.0. The van der Waals surface area contributed by atoms with Crippen molar-refractivity contribution >= 4 is 28.7 Å². The van der Waals surface area contributed by atoms with Crippen LogP contribution in [0.1, 0.15) is 48.8 Å². The molecule has 1 fully saturated rings. The molecule has 0 bridgehead atoms. The van der Waals surface area contributed by atoms with Crippen LogP contribution in [0, 0.1) is 0 Å². The fourth-order valence-corrected chi connectivity index (χ4v) is 4.43. The topological polar surface area (TPSA) is 136 Å². The Balaban J connectivity index is 1.38. The average molecular weight is 462 g/mol. The highest BCUT2D eigenvalue weighted by molar-refractivity contribution is 5.94. The maximum atomic E-state index is 13.3. The number of carbonyl (C=O) groups excluding carboxylic acids is 2. The van der Waals surface area contributed by atoms with Gasteiger partial charge in [-0.15, -0.1) is 0 Å². The van der Waals surface area contributed by atoms with Crippen LogP contribution < -0.4 is 5.32 Å². The number of hydrogen-bond donors (Lipinski definition) is 2. The second-order valence-corrected chi connectivity index (χ2v) is 8.29. The van der Waals surface area contributed by atoms with Crippen LogP contribution >= 0.6 is 0 Å². The van der Waals surface area contributed by atoms with E-state index in [0.29, 0.717) is 29.7 Å². The highest BCUT2D eigenvalue weighted by atomic mass is 16.5. The standard InChI is InChI=1S/C24H27N7O3/c1-2-31(23(32)22-27-20-12-11-18(29-30-25)14-21(20)28-22)19-10-6-9-17(13-19)26-24(33)34-15-16-7-4-3-5-8-16/h3-5,7-8,11-12,14,17,19H,2,6,9-10,13,15H2,1H3,(H,26,33)(H,27,28)/t17-,19+/m1/s1. The molecule has 1 aliphatic rings. The van der Waals surface area contributed by atoms with Crippen molar-refractivity contribution < 1.29 is 14.3 Å². The van der Waals surface area contributed by atoms with Crippen LogP contribution in [0.4, 0.5) is 10.5 Å². The molecule has 10 heteroatoms. The highest BCUT2D eigenvalue weighted by Gasteiger charge is 2.31. The van der Waals surface area contributed by atoms with Crippen molar-refractivity contribution in [3.63, 3.8) is 0 Å². The zero-order chi connectivity index (χ0) is 23.9. The largest absolute Gasteiger partial charge is 0.445 e. The minimum atomic E-state index is -0.447. The molecule has 1 aromatic heterocycles. The van der Waals surface area contributed by atoms with Crippen LogP contribution in [0.2, 0.25) is 0 Å². The number of azide groups is 1. The molecule has 0 aliphatic heterocycles. The molecule has 1 aliphatic carbocycles. The maximum Gasteiger partial charge on any atom is 0.407 e. The van der Waals surface area contributed by atoms with E-state index in [1.54, 1.807) is 23.1 Å². The van der Waals surface area contributed by atoms with Gasteiger partial charge in [0.1, 0.15) is 6.61 Å². The van der Waals surface area contributed by atoms with E-state index < -0.39 is 6.09 Å². The first-order chi connectivity index (χ1) is 16.6. The lowest BCUT2D eigenvalue weighted by atomic mass is 9.90. The Hall–Kier alpha value is -4.04. The van der Waals surface area contributed by atoms with E-state index in [4.69, 9.17) is 10.3 Å². The Morgan fingerprint density at radius 3 is 2.85 bits per heavy atom. The molecular weight excluding hydrogens is 434 g/mol. The van der Waals surface area contributed by atoms with Crippen LogP contribution in [0.15, 0.2) is 53.6 Å². The van der Waals surface area contributed by atoms with Gasteiger partial charge in [0.05, 0.1) is 11.0 Å². The summed E-state index contributed by atoms with van der Waals surface area (Å²) in [6.45, 7) is 2.68. The molecule has 0 unspecified atom stereocenters. The summed E-state index contributed by atoms with van der Waals surface area (Å²) in [7, 11) is 0. The molecule has 2 amide bonds. The summed E-state index contributed by atoms with van der Waals surface area (Å²) in [5, 5.41) is 6.54. The number of hydrogen-bond acceptors (Lipinski definition) is 5. The summed E-state index contributed by atoms with van der Waals surface area (Å²) in [4.78, 5) is 37.6. The number of alkyl carbamates (subject to hydrolysis) is 1. The van der Waals surface area contributed by atoms with Crippen LogP contribution in [-0.4, -0.2) is 45.5 Å². The molecule has 4 rings (SSSR count). The Morgan fingerprint density at radius 2 is 2.09 bits per heavy atom. The Morgan fingerprint density at radius 1 is 1.26 bits per heavy atom. The Bertz CT molecular complexity index is 1200. The third-order valence-electron chi connectivity index (χ3n) is 6.05. The second-order valence-electron chi connectivity index (χ2n) is 8.29. The molecule has 2 N–H and O–H groups in total. The number of H-pyrrole nitrogens is 1. The Labute approximate surface area is 196 Å². The molecule has 0 spiro atoms. The van der Waals surface area contributed by atoms with E-state index >= 15 is 0 Å². The number of benzene rings is 2. The van der Waals surface area contributed by atoms with Crippen molar-refractivity contribution in [3.8, 4) is 0 Å². The minimum Gasteiger partial charge on any atom is -0.445 e. The summed E-state index contributed by atoms with van der Waals surface area (Å²) >= 11 is 0. The van der Waals surface area contributed by atoms with Crippen LogP contribution in [0.3, 0.4) is 0 Å². The summed E-state index contributed by atoms with van der Waals surface area (Å²) < 4.78 is 5.35. The molecule has 3 aromatic rings. The molecule has 2 atom stereocenters. The van der Waals surface area contributed by atoms with E-state index in [1.165, 1.54) is 0 Å². The first-order valence-electron chi connectivity index (χ1n) is 11.4. The number of amides is 2. The van der Waals surface area contributed by atoms with Crippen LogP contribution in [0.25, 0.3) is 21.5 Å². The number of nitrogens with zero attached hydrogens (tertiary/aromatic N) is 5. The van der Waals surface area contributed by atoms with Gasteiger partial charge in [-0.25, -0.2) is 9.78 Å². The fraction of sp³-hybridized carbons (Fsp3) is 0.375. The molecule has 176 valence electrons. The lowest BCUT2D eigenvalue weighted by molar-refractivity contribution is 0.0614. The predicted octanol–water partition coefficient (Wildman–Crippen LogP) is 5.20. The van der Waals surface area contributed by atoms with Crippen molar-refractivity contribution in [2.75, 3.05) is 6.54 Å². The van der Waals surface area contributed by atoms with Crippen molar-refractivity contribution in [2.24, 2.45) is 5.11 Å². The number of rotatable bonds is 7. The molecule has 1 heterocycles. The van der Waals surface area contributed by atoms with Crippen LogP contribution in [-0.2, 0) is 11.3 Å². The van der Waals surface area contributed by atoms with Crippen molar-refractivity contribution in [1.29, 1.82) is 0 Å². The lowest BCUT2D eigenvalue weighted by Crippen LogP contribution is -2.48. The van der Waals surface area contributed by atoms with Gasteiger partial charge in [-0.05, 0) is 55.8 Å². The number of nitrogens with one attached hydrogen (secondary N) is 2. The monoisotopic (exact) mass is 461 g/mol. The number of aromatic amines is 1.